The lowest BCUT2D eigenvalue weighted by Gasteiger charge is -2.40. The van der Waals surface area contributed by atoms with E-state index >= 15 is 0 Å². The Morgan fingerprint density at radius 1 is 0.953 bits per heavy atom. The van der Waals surface area contributed by atoms with E-state index in [-0.39, 0.29) is 17.8 Å². The number of methoxy groups -OCH3 is 1. The zero-order valence-electron chi connectivity index (χ0n) is 25.4. The highest BCUT2D eigenvalue weighted by Crippen LogP contribution is 2.35. The molecule has 0 atom stereocenters. The van der Waals surface area contributed by atoms with E-state index in [1.807, 2.05) is 62.4 Å². The van der Waals surface area contributed by atoms with Gasteiger partial charge >= 0.3 is 5.97 Å². The van der Waals surface area contributed by atoms with E-state index < -0.39 is 5.54 Å². The zero-order chi connectivity index (χ0) is 30.4. The minimum atomic E-state index is -0.567. The van der Waals surface area contributed by atoms with Crippen LogP contribution in [-0.2, 0) is 14.3 Å². The second-order valence-corrected chi connectivity index (χ2v) is 12.8. The van der Waals surface area contributed by atoms with Gasteiger partial charge in [0, 0.05) is 28.7 Å². The molecule has 7 heteroatoms. The Balaban J connectivity index is 1.28. The first-order chi connectivity index (χ1) is 20.8. The monoisotopic (exact) mass is 596 g/mol. The second-order valence-electron chi connectivity index (χ2n) is 11.6. The number of benzene rings is 3. The van der Waals surface area contributed by atoms with Gasteiger partial charge in [-0.3, -0.25) is 9.59 Å². The number of carbonyl (C=O) groups is 2. The van der Waals surface area contributed by atoms with Crippen molar-refractivity contribution in [3.63, 3.8) is 0 Å². The smallest absolute Gasteiger partial charge is 0.308 e. The maximum Gasteiger partial charge on any atom is 0.308 e. The number of nitrogens with one attached hydrogen (secondary N) is 1. The summed E-state index contributed by atoms with van der Waals surface area (Å²) in [5.74, 6) is 0.247. The molecule has 0 spiro atoms. The molecule has 1 heterocycles. The Morgan fingerprint density at radius 3 is 2.35 bits per heavy atom. The number of aryl methyl sites for hydroxylation is 2. The molecule has 0 bridgehead atoms. The SMILES string of the molecule is COCC1(NC(=O)c2c(C)c(-c3ccccc3)nc3ccc(C)cc23)CCC(C(=O)OCCSc2ccc(C)cc2)CC1. The molecule has 43 heavy (non-hydrogen) atoms. The van der Waals surface area contributed by atoms with Crippen molar-refractivity contribution in [2.75, 3.05) is 26.1 Å². The first-order valence-electron chi connectivity index (χ1n) is 14.9. The molecular weight excluding hydrogens is 556 g/mol. The Labute approximate surface area is 258 Å². The van der Waals surface area contributed by atoms with Crippen molar-refractivity contribution >= 4 is 34.5 Å². The molecule has 0 unspecified atom stereocenters. The minimum Gasteiger partial charge on any atom is -0.465 e. The highest BCUT2D eigenvalue weighted by atomic mass is 32.2. The molecule has 1 fully saturated rings. The summed E-state index contributed by atoms with van der Waals surface area (Å²) in [7, 11) is 1.66. The van der Waals surface area contributed by atoms with Gasteiger partial charge in [-0.05, 0) is 76.3 Å². The molecule has 1 N–H and O–H groups in total. The van der Waals surface area contributed by atoms with Crippen LogP contribution in [-0.4, -0.2) is 48.5 Å². The first kappa shape index (κ1) is 30.8. The lowest BCUT2D eigenvalue weighted by atomic mass is 9.76. The average Bonchev–Trinajstić information content (AvgIpc) is 3.00. The highest BCUT2D eigenvalue weighted by molar-refractivity contribution is 7.99. The topological polar surface area (TPSA) is 77.5 Å². The van der Waals surface area contributed by atoms with Gasteiger partial charge in [-0.1, -0.05) is 59.7 Å². The number of thioether (sulfide) groups is 1. The fourth-order valence-electron chi connectivity index (χ4n) is 5.99. The molecular formula is C36H40N2O4S. The van der Waals surface area contributed by atoms with Gasteiger partial charge in [0.05, 0.1) is 34.8 Å². The fourth-order valence-corrected chi connectivity index (χ4v) is 6.72. The standard InChI is InChI=1S/C36H40N2O4S/c1-24-10-13-29(14-11-24)43-21-20-42-35(40)28-16-18-36(19-17-28,23-41-4)38-34(39)32-26(3)33(27-8-6-5-7-9-27)37-31-15-12-25(2)22-30(31)32/h5-15,22,28H,16-21,23H2,1-4H3,(H,38,39). The van der Waals surface area contributed by atoms with Crippen LogP contribution in [0.1, 0.15) is 52.7 Å². The zero-order valence-corrected chi connectivity index (χ0v) is 26.3. The number of amides is 1. The number of rotatable bonds is 10. The summed E-state index contributed by atoms with van der Waals surface area (Å²) in [6, 6.07) is 24.4. The summed E-state index contributed by atoms with van der Waals surface area (Å²) in [5, 5.41) is 4.20. The van der Waals surface area contributed by atoms with E-state index in [1.54, 1.807) is 18.9 Å². The molecule has 6 nitrogen and oxygen atoms in total. The lowest BCUT2D eigenvalue weighted by Crippen LogP contribution is -2.54. The van der Waals surface area contributed by atoms with Crippen LogP contribution in [0.4, 0.5) is 0 Å². The van der Waals surface area contributed by atoms with Gasteiger partial charge in [-0.2, -0.15) is 0 Å². The fraction of sp³-hybridized carbons (Fsp3) is 0.361. The van der Waals surface area contributed by atoms with E-state index in [0.717, 1.165) is 39.0 Å². The van der Waals surface area contributed by atoms with Crippen molar-refractivity contribution in [1.29, 1.82) is 0 Å². The Kier molecular flexibility index (Phi) is 9.83. The molecule has 0 aliphatic heterocycles. The maximum absolute atomic E-state index is 14.2. The molecule has 0 saturated heterocycles. The average molecular weight is 597 g/mol. The number of hydrogen-bond donors (Lipinski definition) is 1. The van der Waals surface area contributed by atoms with Gasteiger partial charge in [0.15, 0.2) is 0 Å². The third-order valence-corrected chi connectivity index (χ3v) is 9.33. The minimum absolute atomic E-state index is 0.140. The van der Waals surface area contributed by atoms with Crippen molar-refractivity contribution in [2.24, 2.45) is 5.92 Å². The summed E-state index contributed by atoms with van der Waals surface area (Å²) in [5.41, 5.74) is 5.76. The number of esters is 1. The third kappa shape index (κ3) is 7.28. The largest absolute Gasteiger partial charge is 0.465 e. The number of pyridine rings is 1. The predicted molar refractivity (Wildman–Crippen MR) is 174 cm³/mol. The van der Waals surface area contributed by atoms with Crippen LogP contribution in [0, 0.1) is 26.7 Å². The number of fused-ring (bicyclic) bond motifs is 1. The normalized spacial score (nSPS) is 18.4. The van der Waals surface area contributed by atoms with Gasteiger partial charge in [0.2, 0.25) is 0 Å². The van der Waals surface area contributed by atoms with Crippen molar-refractivity contribution in [2.45, 2.75) is 56.9 Å². The number of hydrogen-bond acceptors (Lipinski definition) is 6. The molecule has 1 saturated carbocycles. The molecule has 1 aromatic heterocycles. The number of aromatic nitrogens is 1. The predicted octanol–water partition coefficient (Wildman–Crippen LogP) is 7.47. The molecule has 3 aromatic carbocycles. The van der Waals surface area contributed by atoms with Crippen molar-refractivity contribution < 1.29 is 19.1 Å². The molecule has 1 amide bonds. The van der Waals surface area contributed by atoms with Crippen LogP contribution >= 0.6 is 11.8 Å². The van der Waals surface area contributed by atoms with Crippen molar-refractivity contribution in [3.8, 4) is 11.3 Å². The van der Waals surface area contributed by atoms with Gasteiger partial charge in [-0.15, -0.1) is 11.8 Å². The van der Waals surface area contributed by atoms with Crippen molar-refractivity contribution in [3.05, 3.63) is 95.1 Å². The highest BCUT2D eigenvalue weighted by Gasteiger charge is 2.40. The van der Waals surface area contributed by atoms with Crippen LogP contribution in [0.5, 0.6) is 0 Å². The van der Waals surface area contributed by atoms with Gasteiger partial charge in [0.25, 0.3) is 5.91 Å². The summed E-state index contributed by atoms with van der Waals surface area (Å²) >= 11 is 1.69. The summed E-state index contributed by atoms with van der Waals surface area (Å²) in [6.07, 6.45) is 2.55. The van der Waals surface area contributed by atoms with Gasteiger partial charge in [-0.25, -0.2) is 4.98 Å². The van der Waals surface area contributed by atoms with E-state index in [4.69, 9.17) is 14.5 Å². The van der Waals surface area contributed by atoms with E-state index in [0.29, 0.717) is 44.5 Å². The van der Waals surface area contributed by atoms with E-state index in [2.05, 4.69) is 36.5 Å². The molecule has 224 valence electrons. The van der Waals surface area contributed by atoms with Crippen LogP contribution in [0.2, 0.25) is 0 Å². The summed E-state index contributed by atoms with van der Waals surface area (Å²) < 4.78 is 11.3. The van der Waals surface area contributed by atoms with Gasteiger partial charge < -0.3 is 14.8 Å². The quantitative estimate of drug-likeness (QED) is 0.116. The third-order valence-electron chi connectivity index (χ3n) is 8.35. The van der Waals surface area contributed by atoms with Crippen LogP contribution in [0.25, 0.3) is 22.2 Å². The van der Waals surface area contributed by atoms with Gasteiger partial charge in [0.1, 0.15) is 6.61 Å². The van der Waals surface area contributed by atoms with Crippen LogP contribution in [0.3, 0.4) is 0 Å². The molecule has 1 aliphatic rings. The number of carbonyl (C=O) groups excluding carboxylic acids is 2. The molecule has 4 aromatic rings. The van der Waals surface area contributed by atoms with E-state index in [9.17, 15) is 9.59 Å². The Bertz CT molecular complexity index is 1580. The Morgan fingerprint density at radius 2 is 1.65 bits per heavy atom. The summed E-state index contributed by atoms with van der Waals surface area (Å²) in [4.78, 5) is 33.2. The first-order valence-corrected chi connectivity index (χ1v) is 15.9. The van der Waals surface area contributed by atoms with E-state index in [1.165, 1.54) is 10.5 Å². The summed E-state index contributed by atoms with van der Waals surface area (Å²) in [6.45, 7) is 6.82. The second kappa shape index (κ2) is 13.7. The van der Waals surface area contributed by atoms with Crippen LogP contribution < -0.4 is 5.32 Å². The molecule has 5 rings (SSSR count). The maximum atomic E-state index is 14.2. The Hall–Kier alpha value is -3.68. The van der Waals surface area contributed by atoms with Crippen molar-refractivity contribution in [1.82, 2.24) is 10.3 Å². The lowest BCUT2D eigenvalue weighted by molar-refractivity contribution is -0.149. The van der Waals surface area contributed by atoms with Crippen LogP contribution in [0.15, 0.2) is 77.7 Å². The molecule has 1 aliphatic carbocycles. The molecule has 0 radical (unpaired) electrons. The number of nitrogens with zero attached hydrogens (tertiary/aromatic N) is 1. The number of ether oxygens (including phenoxy) is 2.